The van der Waals surface area contributed by atoms with Gasteiger partial charge in [-0.15, -0.1) is 0 Å². The van der Waals surface area contributed by atoms with Crippen molar-refractivity contribution in [1.82, 2.24) is 19.4 Å². The van der Waals surface area contributed by atoms with E-state index in [2.05, 4.69) is 25.4 Å². The maximum atomic E-state index is 8.89. The summed E-state index contributed by atoms with van der Waals surface area (Å²) >= 11 is 0. The molecule has 1 aliphatic rings. The highest BCUT2D eigenvalue weighted by Gasteiger charge is 2.20. The van der Waals surface area contributed by atoms with Gasteiger partial charge in [0.15, 0.2) is 0 Å². The fourth-order valence-electron chi connectivity index (χ4n) is 2.35. The van der Waals surface area contributed by atoms with Gasteiger partial charge >= 0.3 is 0 Å². The lowest BCUT2D eigenvalue weighted by molar-refractivity contribution is 0.117. The minimum absolute atomic E-state index is 0.0538. The summed E-state index contributed by atoms with van der Waals surface area (Å²) in [5.74, 6) is 0. The summed E-state index contributed by atoms with van der Waals surface area (Å²) in [4.78, 5) is 8.78. The van der Waals surface area contributed by atoms with Crippen LogP contribution in [0.25, 0.3) is 0 Å². The Labute approximate surface area is 109 Å². The molecule has 1 saturated heterocycles. The Bertz CT molecular complexity index is 373. The highest BCUT2D eigenvalue weighted by atomic mass is 15.3. The predicted molar refractivity (Wildman–Crippen MR) is 69.9 cm³/mol. The number of imidazole rings is 1. The number of nitrogens with zero attached hydrogens (tertiary/aromatic N) is 5. The third-order valence-electron chi connectivity index (χ3n) is 3.59. The van der Waals surface area contributed by atoms with Crippen LogP contribution < -0.4 is 0 Å². The Morgan fingerprint density at radius 3 is 2.67 bits per heavy atom. The molecule has 5 nitrogen and oxygen atoms in total. The summed E-state index contributed by atoms with van der Waals surface area (Å²) in [6.07, 6.45) is 6.85. The normalized spacial score (nSPS) is 19.6. The van der Waals surface area contributed by atoms with E-state index in [9.17, 15) is 0 Å². The molecule has 98 valence electrons. The molecule has 0 N–H and O–H groups in total. The maximum Gasteiger partial charge on any atom is 0.0950 e. The van der Waals surface area contributed by atoms with Gasteiger partial charge in [-0.3, -0.25) is 4.90 Å². The van der Waals surface area contributed by atoms with E-state index in [4.69, 9.17) is 5.26 Å². The fraction of sp³-hybridized carbons (Fsp3) is 0.692. The van der Waals surface area contributed by atoms with Gasteiger partial charge in [0.1, 0.15) is 0 Å². The van der Waals surface area contributed by atoms with E-state index >= 15 is 0 Å². The van der Waals surface area contributed by atoms with Crippen LogP contribution in [-0.2, 0) is 6.54 Å². The first-order valence-electron chi connectivity index (χ1n) is 6.61. The van der Waals surface area contributed by atoms with E-state index in [-0.39, 0.29) is 6.04 Å². The standard InChI is InChI=1S/C13H21N5/c1-13(11-14)18-9-7-16(8-10-18)4-2-5-17-6-3-15-12-17/h3,6,12-13H,2,4-5,7-10H2,1H3. The molecule has 1 fully saturated rings. The van der Waals surface area contributed by atoms with E-state index < -0.39 is 0 Å². The number of hydrogen-bond acceptors (Lipinski definition) is 4. The highest BCUT2D eigenvalue weighted by molar-refractivity contribution is 4.90. The molecule has 1 atom stereocenters. The van der Waals surface area contributed by atoms with Crippen LogP contribution in [0.1, 0.15) is 13.3 Å². The molecule has 1 aromatic heterocycles. The summed E-state index contributed by atoms with van der Waals surface area (Å²) in [5, 5.41) is 8.89. The van der Waals surface area contributed by atoms with Crippen molar-refractivity contribution >= 4 is 0 Å². The molecule has 0 amide bonds. The molecular formula is C13H21N5. The minimum atomic E-state index is 0.0538. The molecule has 0 radical (unpaired) electrons. The molecule has 2 rings (SSSR count). The van der Waals surface area contributed by atoms with Crippen molar-refractivity contribution in [2.24, 2.45) is 0 Å². The van der Waals surface area contributed by atoms with Crippen molar-refractivity contribution in [1.29, 1.82) is 5.26 Å². The predicted octanol–water partition coefficient (Wildman–Crippen LogP) is 0.803. The van der Waals surface area contributed by atoms with Crippen molar-refractivity contribution < 1.29 is 0 Å². The third-order valence-corrected chi connectivity index (χ3v) is 3.59. The summed E-state index contributed by atoms with van der Waals surface area (Å²) in [6.45, 7) is 8.34. The van der Waals surface area contributed by atoms with Gasteiger partial charge in [0.25, 0.3) is 0 Å². The zero-order chi connectivity index (χ0) is 12.8. The molecule has 1 aromatic rings. The SMILES string of the molecule is CC(C#N)N1CCN(CCCn2ccnc2)CC1. The van der Waals surface area contributed by atoms with Crippen molar-refractivity contribution in [3.63, 3.8) is 0 Å². The van der Waals surface area contributed by atoms with Gasteiger partial charge in [-0.05, 0) is 19.9 Å². The van der Waals surface area contributed by atoms with E-state index in [0.29, 0.717) is 0 Å². The molecule has 0 spiro atoms. The Kier molecular flexibility index (Phi) is 4.73. The van der Waals surface area contributed by atoms with Crippen molar-refractivity contribution in [2.45, 2.75) is 25.9 Å². The lowest BCUT2D eigenvalue weighted by Crippen LogP contribution is -2.49. The van der Waals surface area contributed by atoms with Gasteiger partial charge in [0, 0.05) is 45.1 Å². The van der Waals surface area contributed by atoms with E-state index in [0.717, 1.165) is 45.7 Å². The topological polar surface area (TPSA) is 48.1 Å². The number of piperazine rings is 1. The smallest absolute Gasteiger partial charge is 0.0950 e. The molecule has 1 unspecified atom stereocenters. The highest BCUT2D eigenvalue weighted by Crippen LogP contribution is 2.06. The van der Waals surface area contributed by atoms with Gasteiger partial charge in [0.2, 0.25) is 0 Å². The Hall–Kier alpha value is -1.38. The van der Waals surface area contributed by atoms with Crippen LogP contribution in [0.2, 0.25) is 0 Å². The fourth-order valence-corrected chi connectivity index (χ4v) is 2.35. The van der Waals surface area contributed by atoms with Gasteiger partial charge in [-0.1, -0.05) is 0 Å². The van der Waals surface area contributed by atoms with Crippen LogP contribution in [-0.4, -0.2) is 58.1 Å². The first-order chi connectivity index (χ1) is 8.79. The molecular weight excluding hydrogens is 226 g/mol. The van der Waals surface area contributed by atoms with Crippen molar-refractivity contribution in [2.75, 3.05) is 32.7 Å². The third kappa shape index (κ3) is 3.56. The summed E-state index contributed by atoms with van der Waals surface area (Å²) < 4.78 is 2.12. The number of aryl methyl sites for hydroxylation is 1. The number of rotatable bonds is 5. The summed E-state index contributed by atoms with van der Waals surface area (Å²) in [7, 11) is 0. The van der Waals surface area contributed by atoms with Gasteiger partial charge in [-0.25, -0.2) is 4.98 Å². The number of aromatic nitrogens is 2. The van der Waals surface area contributed by atoms with Crippen LogP contribution in [0.15, 0.2) is 18.7 Å². The Balaban J connectivity index is 1.63. The van der Waals surface area contributed by atoms with Crippen LogP contribution in [0, 0.1) is 11.3 Å². The van der Waals surface area contributed by atoms with Crippen molar-refractivity contribution in [3.8, 4) is 6.07 Å². The molecule has 5 heteroatoms. The van der Waals surface area contributed by atoms with Crippen LogP contribution in [0.4, 0.5) is 0 Å². The van der Waals surface area contributed by atoms with Crippen LogP contribution >= 0.6 is 0 Å². The van der Waals surface area contributed by atoms with Crippen molar-refractivity contribution in [3.05, 3.63) is 18.7 Å². The molecule has 2 heterocycles. The van der Waals surface area contributed by atoms with E-state index in [1.807, 2.05) is 25.6 Å². The average molecular weight is 247 g/mol. The molecule has 0 aliphatic carbocycles. The number of nitriles is 1. The average Bonchev–Trinajstić information content (AvgIpc) is 2.92. The number of hydrogen-bond donors (Lipinski definition) is 0. The molecule has 18 heavy (non-hydrogen) atoms. The summed E-state index contributed by atoms with van der Waals surface area (Å²) in [5.41, 5.74) is 0. The lowest BCUT2D eigenvalue weighted by Gasteiger charge is -2.35. The quantitative estimate of drug-likeness (QED) is 0.772. The largest absolute Gasteiger partial charge is 0.337 e. The molecule has 0 bridgehead atoms. The van der Waals surface area contributed by atoms with Crippen LogP contribution in [0.5, 0.6) is 0 Å². The maximum absolute atomic E-state index is 8.89. The summed E-state index contributed by atoms with van der Waals surface area (Å²) in [6, 6.07) is 2.36. The monoisotopic (exact) mass is 247 g/mol. The van der Waals surface area contributed by atoms with Gasteiger partial charge < -0.3 is 9.47 Å². The minimum Gasteiger partial charge on any atom is -0.337 e. The Morgan fingerprint density at radius 1 is 1.28 bits per heavy atom. The van der Waals surface area contributed by atoms with Gasteiger partial charge in [-0.2, -0.15) is 5.26 Å². The molecule has 1 aliphatic heterocycles. The lowest BCUT2D eigenvalue weighted by atomic mass is 10.2. The Morgan fingerprint density at radius 2 is 2.06 bits per heavy atom. The molecule has 0 aromatic carbocycles. The van der Waals surface area contributed by atoms with E-state index in [1.54, 1.807) is 0 Å². The second-order valence-corrected chi connectivity index (χ2v) is 4.84. The first kappa shape index (κ1) is 13.1. The van der Waals surface area contributed by atoms with Crippen LogP contribution in [0.3, 0.4) is 0 Å². The zero-order valence-electron chi connectivity index (χ0n) is 11.0. The first-order valence-corrected chi connectivity index (χ1v) is 6.61. The van der Waals surface area contributed by atoms with Gasteiger partial charge in [0.05, 0.1) is 18.4 Å². The zero-order valence-corrected chi connectivity index (χ0v) is 11.0. The second kappa shape index (κ2) is 6.53. The second-order valence-electron chi connectivity index (χ2n) is 4.84. The van der Waals surface area contributed by atoms with E-state index in [1.165, 1.54) is 0 Å². The molecule has 0 saturated carbocycles.